The number of hydrogen-bond acceptors (Lipinski definition) is 6. The van der Waals surface area contributed by atoms with Crippen molar-refractivity contribution in [3.63, 3.8) is 0 Å². The average Bonchev–Trinajstić information content (AvgIpc) is 2.80. The summed E-state index contributed by atoms with van der Waals surface area (Å²) in [5, 5.41) is 12.3. The number of hydrogen-bond donors (Lipinski definition) is 2. The molecule has 0 aliphatic carbocycles. The van der Waals surface area contributed by atoms with Crippen molar-refractivity contribution in [2.75, 3.05) is 30.9 Å². The molecule has 0 spiro atoms. The van der Waals surface area contributed by atoms with Crippen LogP contribution in [-0.2, 0) is 4.74 Å². The topological polar surface area (TPSA) is 105 Å². The Morgan fingerprint density at radius 1 is 0.939 bits per heavy atom. The Hall–Kier alpha value is -4.33. The third-order valence-electron chi connectivity index (χ3n) is 4.70. The average molecular weight is 448 g/mol. The number of rotatable bonds is 8. The number of carboxylic acids is 1. The van der Waals surface area contributed by atoms with Gasteiger partial charge in [-0.15, -0.1) is 0 Å². The number of carbonyl (C=O) groups excluding carboxylic acids is 2. The van der Waals surface area contributed by atoms with Gasteiger partial charge in [0.2, 0.25) is 0 Å². The predicted octanol–water partition coefficient (Wildman–Crippen LogP) is 4.67. The van der Waals surface area contributed by atoms with Crippen molar-refractivity contribution in [2.45, 2.75) is 6.92 Å². The Bertz CT molecular complexity index is 1190. The lowest BCUT2D eigenvalue weighted by atomic mass is 10.1. The van der Waals surface area contributed by atoms with Gasteiger partial charge in [-0.2, -0.15) is 0 Å². The van der Waals surface area contributed by atoms with Crippen molar-refractivity contribution in [1.29, 1.82) is 0 Å². The van der Waals surface area contributed by atoms with Gasteiger partial charge in [-0.05, 0) is 55.5 Å². The molecule has 170 valence electrons. The van der Waals surface area contributed by atoms with Gasteiger partial charge in [0.25, 0.3) is 5.91 Å². The Labute approximate surface area is 191 Å². The van der Waals surface area contributed by atoms with Crippen molar-refractivity contribution < 1.29 is 29.0 Å². The summed E-state index contributed by atoms with van der Waals surface area (Å²) in [6, 6.07) is 18.0. The minimum Gasteiger partial charge on any atom is -0.478 e. The van der Waals surface area contributed by atoms with Crippen LogP contribution in [0.2, 0.25) is 0 Å². The fraction of sp³-hybridized carbons (Fsp3) is 0.160. The van der Waals surface area contributed by atoms with Crippen LogP contribution >= 0.6 is 0 Å². The number of aromatic carboxylic acids is 1. The van der Waals surface area contributed by atoms with Crippen LogP contribution in [0.25, 0.3) is 0 Å². The van der Waals surface area contributed by atoms with Crippen molar-refractivity contribution in [2.24, 2.45) is 0 Å². The number of esters is 1. The number of carbonyl (C=O) groups is 3. The zero-order valence-electron chi connectivity index (χ0n) is 18.5. The lowest BCUT2D eigenvalue weighted by Crippen LogP contribution is -2.14. The van der Waals surface area contributed by atoms with E-state index in [1.807, 2.05) is 25.1 Å². The van der Waals surface area contributed by atoms with Crippen LogP contribution in [-0.4, -0.2) is 43.7 Å². The van der Waals surface area contributed by atoms with Gasteiger partial charge < -0.3 is 24.8 Å². The van der Waals surface area contributed by atoms with Gasteiger partial charge in [0, 0.05) is 25.3 Å². The summed E-state index contributed by atoms with van der Waals surface area (Å²) in [7, 11) is 3.78. The summed E-state index contributed by atoms with van der Waals surface area (Å²) < 4.78 is 10.8. The molecule has 0 bridgehead atoms. The van der Waals surface area contributed by atoms with E-state index in [2.05, 4.69) is 5.32 Å². The van der Waals surface area contributed by atoms with Crippen LogP contribution < -0.4 is 15.0 Å². The summed E-state index contributed by atoms with van der Waals surface area (Å²) in [6.07, 6.45) is 0. The van der Waals surface area contributed by atoms with E-state index >= 15 is 0 Å². The number of carboxylic acid groups (broad SMARTS) is 1. The largest absolute Gasteiger partial charge is 0.478 e. The maximum atomic E-state index is 12.8. The van der Waals surface area contributed by atoms with Gasteiger partial charge in [0.05, 0.1) is 23.4 Å². The van der Waals surface area contributed by atoms with Crippen LogP contribution in [0.5, 0.6) is 11.5 Å². The highest BCUT2D eigenvalue weighted by Crippen LogP contribution is 2.31. The number of amides is 1. The summed E-state index contributed by atoms with van der Waals surface area (Å²) in [5.41, 5.74) is 1.45. The molecule has 3 aromatic rings. The monoisotopic (exact) mass is 448 g/mol. The zero-order chi connectivity index (χ0) is 24.0. The summed E-state index contributed by atoms with van der Waals surface area (Å²) in [6.45, 7) is 1.76. The molecule has 33 heavy (non-hydrogen) atoms. The van der Waals surface area contributed by atoms with Gasteiger partial charge in [0.1, 0.15) is 5.75 Å². The predicted molar refractivity (Wildman–Crippen MR) is 125 cm³/mol. The van der Waals surface area contributed by atoms with Crippen LogP contribution in [0, 0.1) is 0 Å². The molecule has 0 unspecified atom stereocenters. The van der Waals surface area contributed by atoms with E-state index in [1.54, 1.807) is 49.4 Å². The molecule has 0 aromatic heterocycles. The fourth-order valence-electron chi connectivity index (χ4n) is 3.06. The van der Waals surface area contributed by atoms with E-state index in [9.17, 15) is 19.5 Å². The summed E-state index contributed by atoms with van der Waals surface area (Å²) in [5.74, 6) is -1.83. The molecule has 0 aliphatic heterocycles. The van der Waals surface area contributed by atoms with Gasteiger partial charge in [-0.25, -0.2) is 9.59 Å². The SMILES string of the molecule is CCOC(=O)c1ccc(Oc2ccccc2NC(=O)c2cccc(N(C)C)c2)cc1C(=O)O. The first-order chi connectivity index (χ1) is 15.8. The Balaban J connectivity index is 1.86. The first-order valence-corrected chi connectivity index (χ1v) is 10.2. The molecule has 8 nitrogen and oxygen atoms in total. The highest BCUT2D eigenvalue weighted by atomic mass is 16.5. The number of anilines is 2. The minimum atomic E-state index is -1.29. The van der Waals surface area contributed by atoms with E-state index < -0.39 is 11.9 Å². The third-order valence-corrected chi connectivity index (χ3v) is 4.70. The van der Waals surface area contributed by atoms with Crippen molar-refractivity contribution in [1.82, 2.24) is 0 Å². The second kappa shape index (κ2) is 10.3. The quantitative estimate of drug-likeness (QED) is 0.482. The molecule has 0 aliphatic rings. The second-order valence-electron chi connectivity index (χ2n) is 7.23. The molecule has 8 heteroatoms. The fourth-order valence-corrected chi connectivity index (χ4v) is 3.06. The normalized spacial score (nSPS) is 10.3. The maximum absolute atomic E-state index is 12.8. The van der Waals surface area contributed by atoms with Crippen LogP contribution in [0.3, 0.4) is 0 Å². The van der Waals surface area contributed by atoms with Crippen molar-refractivity contribution in [3.8, 4) is 11.5 Å². The Kier molecular flexibility index (Phi) is 7.30. The molecule has 2 N–H and O–H groups in total. The third kappa shape index (κ3) is 5.68. The first kappa shape index (κ1) is 23.3. The lowest BCUT2D eigenvalue weighted by molar-refractivity contribution is 0.0514. The smallest absolute Gasteiger partial charge is 0.339 e. The minimum absolute atomic E-state index is 0.0703. The molecule has 0 saturated heterocycles. The van der Waals surface area contributed by atoms with E-state index in [1.165, 1.54) is 18.2 Å². The van der Waals surface area contributed by atoms with Gasteiger partial charge >= 0.3 is 11.9 Å². The molecule has 0 atom stereocenters. The van der Waals surface area contributed by atoms with E-state index in [-0.39, 0.29) is 29.4 Å². The Morgan fingerprint density at radius 2 is 1.70 bits per heavy atom. The van der Waals surface area contributed by atoms with Gasteiger partial charge in [0.15, 0.2) is 5.75 Å². The van der Waals surface area contributed by atoms with E-state index in [4.69, 9.17) is 9.47 Å². The van der Waals surface area contributed by atoms with Crippen LogP contribution in [0.4, 0.5) is 11.4 Å². The zero-order valence-corrected chi connectivity index (χ0v) is 18.5. The first-order valence-electron chi connectivity index (χ1n) is 10.2. The molecular formula is C25H24N2O6. The molecule has 0 fully saturated rings. The molecule has 0 heterocycles. The number of nitrogens with zero attached hydrogens (tertiary/aromatic N) is 1. The molecule has 0 saturated carbocycles. The van der Waals surface area contributed by atoms with E-state index in [0.29, 0.717) is 17.0 Å². The van der Waals surface area contributed by atoms with Crippen molar-refractivity contribution in [3.05, 3.63) is 83.4 Å². The molecule has 1 amide bonds. The van der Waals surface area contributed by atoms with Gasteiger partial charge in [-0.3, -0.25) is 4.79 Å². The van der Waals surface area contributed by atoms with Gasteiger partial charge in [-0.1, -0.05) is 18.2 Å². The molecule has 3 rings (SSSR count). The number of para-hydroxylation sites is 2. The highest BCUT2D eigenvalue weighted by Gasteiger charge is 2.19. The number of ether oxygens (including phenoxy) is 2. The van der Waals surface area contributed by atoms with Crippen LogP contribution in [0.1, 0.15) is 38.0 Å². The highest BCUT2D eigenvalue weighted by molar-refractivity contribution is 6.05. The molecule has 3 aromatic carbocycles. The summed E-state index contributed by atoms with van der Waals surface area (Å²) >= 11 is 0. The molecular weight excluding hydrogens is 424 g/mol. The number of benzene rings is 3. The lowest BCUT2D eigenvalue weighted by Gasteiger charge is -2.15. The summed E-state index contributed by atoms with van der Waals surface area (Å²) in [4.78, 5) is 38.4. The number of nitrogens with one attached hydrogen (secondary N) is 1. The van der Waals surface area contributed by atoms with E-state index in [0.717, 1.165) is 5.69 Å². The molecule has 0 radical (unpaired) electrons. The standard InChI is InChI=1S/C25H24N2O6/c1-4-32-25(31)19-13-12-18(15-20(19)24(29)30)33-22-11-6-5-10-21(22)26-23(28)16-8-7-9-17(14-16)27(2)3/h5-15H,4H2,1-3H3,(H,26,28)(H,29,30). The second-order valence-corrected chi connectivity index (χ2v) is 7.23. The van der Waals surface area contributed by atoms with Crippen LogP contribution in [0.15, 0.2) is 66.7 Å². The van der Waals surface area contributed by atoms with Crippen molar-refractivity contribution >= 4 is 29.2 Å². The maximum Gasteiger partial charge on any atom is 0.339 e. The Morgan fingerprint density at radius 3 is 2.39 bits per heavy atom.